The molecule has 1 aromatic rings. The zero-order chi connectivity index (χ0) is 18.5. The van der Waals surface area contributed by atoms with Gasteiger partial charge in [-0.3, -0.25) is 14.5 Å². The monoisotopic (exact) mass is 358 g/mol. The predicted molar refractivity (Wildman–Crippen MR) is 98.6 cm³/mol. The van der Waals surface area contributed by atoms with Crippen LogP contribution < -0.4 is 9.47 Å². The molecule has 3 rings (SSSR count). The van der Waals surface area contributed by atoms with Crippen molar-refractivity contribution in [3.05, 3.63) is 35.9 Å². The molecule has 6 heteroatoms. The number of amides is 1. The van der Waals surface area contributed by atoms with Crippen molar-refractivity contribution < 1.29 is 19.1 Å². The first-order valence-electron chi connectivity index (χ1n) is 9.27. The maximum Gasteiger partial charge on any atom is 0.246 e. The molecule has 140 valence electrons. The van der Waals surface area contributed by atoms with E-state index in [-0.39, 0.29) is 18.5 Å². The number of ether oxygens (including phenoxy) is 2. The molecule has 2 aliphatic rings. The topological polar surface area (TPSA) is 59.1 Å². The van der Waals surface area contributed by atoms with Gasteiger partial charge in [-0.2, -0.15) is 0 Å². The highest BCUT2D eigenvalue weighted by Gasteiger charge is 2.23. The van der Waals surface area contributed by atoms with Gasteiger partial charge in [-0.1, -0.05) is 13.8 Å². The van der Waals surface area contributed by atoms with Gasteiger partial charge in [0.05, 0.1) is 0 Å². The molecule has 2 aliphatic heterocycles. The molecule has 2 heterocycles. The summed E-state index contributed by atoms with van der Waals surface area (Å²) in [7, 11) is 0. The minimum Gasteiger partial charge on any atom is -0.454 e. The number of benzene rings is 1. The lowest BCUT2D eigenvalue weighted by molar-refractivity contribution is -0.128. The first-order valence-corrected chi connectivity index (χ1v) is 9.27. The Morgan fingerprint density at radius 3 is 2.42 bits per heavy atom. The van der Waals surface area contributed by atoms with Crippen molar-refractivity contribution in [3.63, 3.8) is 0 Å². The van der Waals surface area contributed by atoms with Gasteiger partial charge in [0.25, 0.3) is 0 Å². The van der Waals surface area contributed by atoms with Gasteiger partial charge in [0.2, 0.25) is 12.7 Å². The Kier molecular flexibility index (Phi) is 5.93. The molecule has 26 heavy (non-hydrogen) atoms. The Labute approximate surface area is 154 Å². The molecule has 0 unspecified atom stereocenters. The summed E-state index contributed by atoms with van der Waals surface area (Å²) in [5.41, 5.74) is 0.483. The molecular formula is C20H26N2O4. The SMILES string of the molecule is CCC(CC)N1CCN(C(=O)/C=C/C(=O)c2ccc3c(c2)OCO3)CC1. The molecule has 0 bridgehead atoms. The fourth-order valence-corrected chi connectivity index (χ4v) is 3.51. The molecule has 0 atom stereocenters. The third-order valence-electron chi connectivity index (χ3n) is 5.12. The Hall–Kier alpha value is -2.34. The number of ketones is 1. The zero-order valence-electron chi connectivity index (χ0n) is 15.4. The molecular weight excluding hydrogens is 332 g/mol. The first kappa shape index (κ1) is 18.5. The van der Waals surface area contributed by atoms with Crippen LogP contribution in [0, 0.1) is 0 Å². The zero-order valence-corrected chi connectivity index (χ0v) is 15.4. The van der Waals surface area contributed by atoms with Crippen molar-refractivity contribution in [2.45, 2.75) is 32.7 Å². The van der Waals surface area contributed by atoms with E-state index in [1.54, 1.807) is 18.2 Å². The molecule has 0 N–H and O–H groups in total. The Morgan fingerprint density at radius 1 is 1.04 bits per heavy atom. The third kappa shape index (κ3) is 4.07. The predicted octanol–water partition coefficient (Wildman–Crippen LogP) is 2.49. The molecule has 1 aromatic carbocycles. The van der Waals surface area contributed by atoms with Crippen LogP contribution in [0.25, 0.3) is 0 Å². The number of hydrogen-bond donors (Lipinski definition) is 0. The van der Waals surface area contributed by atoms with Gasteiger partial charge < -0.3 is 14.4 Å². The van der Waals surface area contributed by atoms with Gasteiger partial charge in [0.15, 0.2) is 17.3 Å². The highest BCUT2D eigenvalue weighted by atomic mass is 16.7. The molecule has 0 spiro atoms. The molecule has 6 nitrogen and oxygen atoms in total. The number of carbonyl (C=O) groups is 2. The van der Waals surface area contributed by atoms with Crippen LogP contribution in [0.3, 0.4) is 0 Å². The third-order valence-corrected chi connectivity index (χ3v) is 5.12. The fourth-order valence-electron chi connectivity index (χ4n) is 3.51. The smallest absolute Gasteiger partial charge is 0.246 e. The van der Waals surface area contributed by atoms with E-state index in [2.05, 4.69) is 18.7 Å². The lowest BCUT2D eigenvalue weighted by Crippen LogP contribution is -2.51. The van der Waals surface area contributed by atoms with Crippen molar-refractivity contribution in [2.75, 3.05) is 33.0 Å². The minimum atomic E-state index is -0.215. The Bertz CT molecular complexity index is 689. The highest BCUT2D eigenvalue weighted by Crippen LogP contribution is 2.32. The quantitative estimate of drug-likeness (QED) is 0.578. The largest absolute Gasteiger partial charge is 0.454 e. The Morgan fingerprint density at radius 2 is 1.73 bits per heavy atom. The van der Waals surface area contributed by atoms with Crippen LogP contribution in [0.4, 0.5) is 0 Å². The number of piperazine rings is 1. The van der Waals surface area contributed by atoms with Crippen LogP contribution in [-0.2, 0) is 4.79 Å². The van der Waals surface area contributed by atoms with Crippen LogP contribution in [-0.4, -0.2) is 60.5 Å². The lowest BCUT2D eigenvalue weighted by Gasteiger charge is -2.38. The fraction of sp³-hybridized carbons (Fsp3) is 0.500. The maximum atomic E-state index is 12.4. The van der Waals surface area contributed by atoms with E-state index in [0.717, 1.165) is 25.9 Å². The number of allylic oxidation sites excluding steroid dienone is 1. The van der Waals surface area contributed by atoms with E-state index in [4.69, 9.17) is 9.47 Å². The number of rotatable bonds is 6. The molecule has 0 radical (unpaired) electrons. The molecule has 0 aromatic heterocycles. The summed E-state index contributed by atoms with van der Waals surface area (Å²) < 4.78 is 10.5. The van der Waals surface area contributed by atoms with E-state index in [9.17, 15) is 9.59 Å². The molecule has 1 amide bonds. The van der Waals surface area contributed by atoms with Gasteiger partial charge >= 0.3 is 0 Å². The number of fused-ring (bicyclic) bond motifs is 1. The van der Waals surface area contributed by atoms with Crippen molar-refractivity contribution in [2.24, 2.45) is 0 Å². The van der Waals surface area contributed by atoms with Crippen LogP contribution in [0.1, 0.15) is 37.0 Å². The summed E-state index contributed by atoms with van der Waals surface area (Å²) in [6.07, 6.45) is 4.98. The molecule has 0 saturated carbocycles. The Balaban J connectivity index is 1.54. The molecule has 0 aliphatic carbocycles. The highest BCUT2D eigenvalue weighted by molar-refractivity contribution is 6.07. The summed E-state index contributed by atoms with van der Waals surface area (Å²) in [6, 6.07) is 5.63. The summed E-state index contributed by atoms with van der Waals surface area (Å²) in [4.78, 5) is 28.9. The van der Waals surface area contributed by atoms with E-state index in [0.29, 0.717) is 36.2 Å². The van der Waals surface area contributed by atoms with Crippen LogP contribution in [0.15, 0.2) is 30.4 Å². The normalized spacial score (nSPS) is 17.3. The number of hydrogen-bond acceptors (Lipinski definition) is 5. The second-order valence-electron chi connectivity index (χ2n) is 6.60. The second-order valence-corrected chi connectivity index (χ2v) is 6.60. The van der Waals surface area contributed by atoms with Crippen molar-refractivity contribution in [3.8, 4) is 11.5 Å². The van der Waals surface area contributed by atoms with Crippen molar-refractivity contribution in [1.29, 1.82) is 0 Å². The first-order chi connectivity index (χ1) is 12.6. The summed E-state index contributed by atoms with van der Waals surface area (Å²) in [5.74, 6) is 0.876. The lowest BCUT2D eigenvalue weighted by atomic mass is 10.1. The van der Waals surface area contributed by atoms with Crippen molar-refractivity contribution in [1.82, 2.24) is 9.80 Å². The van der Waals surface area contributed by atoms with Crippen LogP contribution in [0.5, 0.6) is 11.5 Å². The van der Waals surface area contributed by atoms with Gasteiger partial charge in [0.1, 0.15) is 0 Å². The molecule has 1 fully saturated rings. The second kappa shape index (κ2) is 8.36. The van der Waals surface area contributed by atoms with E-state index in [1.807, 2.05) is 4.90 Å². The van der Waals surface area contributed by atoms with Crippen molar-refractivity contribution >= 4 is 11.7 Å². The average Bonchev–Trinajstić information content (AvgIpc) is 3.15. The summed E-state index contributed by atoms with van der Waals surface area (Å²) in [5, 5.41) is 0. The van der Waals surface area contributed by atoms with Gasteiger partial charge in [-0.25, -0.2) is 0 Å². The maximum absolute atomic E-state index is 12.4. The number of nitrogens with zero attached hydrogens (tertiary/aromatic N) is 2. The van der Waals surface area contributed by atoms with E-state index in [1.165, 1.54) is 12.2 Å². The van der Waals surface area contributed by atoms with E-state index < -0.39 is 0 Å². The van der Waals surface area contributed by atoms with Crippen LogP contribution in [0.2, 0.25) is 0 Å². The van der Waals surface area contributed by atoms with Crippen LogP contribution >= 0.6 is 0 Å². The van der Waals surface area contributed by atoms with Gasteiger partial charge in [0, 0.05) is 43.9 Å². The summed E-state index contributed by atoms with van der Waals surface area (Å²) in [6.45, 7) is 7.77. The standard InChI is InChI=1S/C20H26N2O4/c1-3-16(4-2)21-9-11-22(12-10-21)20(24)8-6-17(23)15-5-7-18-19(13-15)26-14-25-18/h5-8,13,16H,3-4,9-12,14H2,1-2H3/b8-6+. The van der Waals surface area contributed by atoms with Gasteiger partial charge in [-0.15, -0.1) is 0 Å². The average molecular weight is 358 g/mol. The number of carbonyl (C=O) groups excluding carboxylic acids is 2. The van der Waals surface area contributed by atoms with Gasteiger partial charge in [-0.05, 0) is 37.1 Å². The van der Waals surface area contributed by atoms with E-state index >= 15 is 0 Å². The molecule has 1 saturated heterocycles. The minimum absolute atomic E-state index is 0.108. The summed E-state index contributed by atoms with van der Waals surface area (Å²) >= 11 is 0.